The van der Waals surface area contributed by atoms with E-state index < -0.39 is 0 Å². The molecule has 2 heterocycles. The van der Waals surface area contributed by atoms with Crippen LogP contribution in [-0.2, 0) is 6.42 Å². The maximum atomic E-state index is 5.57. The van der Waals surface area contributed by atoms with Gasteiger partial charge < -0.3 is 0 Å². The van der Waals surface area contributed by atoms with Gasteiger partial charge in [-0.05, 0) is 18.9 Å². The fourth-order valence-electron chi connectivity index (χ4n) is 2.68. The summed E-state index contributed by atoms with van der Waals surface area (Å²) in [5, 5.41) is 11.3. The number of nitrogens with one attached hydrogen (secondary N) is 2. The van der Waals surface area contributed by atoms with E-state index in [1.54, 1.807) is 0 Å². The maximum Gasteiger partial charge on any atom is 0.143 e. The quantitative estimate of drug-likeness (QED) is 0.548. The maximum absolute atomic E-state index is 5.57. The van der Waals surface area contributed by atoms with Crippen molar-refractivity contribution in [1.29, 1.82) is 0 Å². The van der Waals surface area contributed by atoms with E-state index in [9.17, 15) is 0 Å². The zero-order valence-corrected chi connectivity index (χ0v) is 10.8. The number of hydrogen-bond acceptors (Lipinski definition) is 5. The smallest absolute Gasteiger partial charge is 0.143 e. The second-order valence-corrected chi connectivity index (χ2v) is 5.02. The third-order valence-corrected chi connectivity index (χ3v) is 3.74. The Morgan fingerprint density at radius 3 is 3.00 bits per heavy atom. The van der Waals surface area contributed by atoms with E-state index in [1.165, 1.54) is 32.0 Å². The molecule has 0 aliphatic heterocycles. The molecule has 7 nitrogen and oxygen atoms in total. The molecule has 19 heavy (non-hydrogen) atoms. The van der Waals surface area contributed by atoms with Crippen LogP contribution in [-0.4, -0.2) is 25.0 Å². The monoisotopic (exact) mass is 261 g/mol. The minimum atomic E-state index is -0.0885. The molecular formula is C12H19N7. The summed E-state index contributed by atoms with van der Waals surface area (Å²) >= 11 is 0. The number of hydrazine groups is 1. The van der Waals surface area contributed by atoms with Crippen molar-refractivity contribution in [3.05, 3.63) is 30.1 Å². The lowest BCUT2D eigenvalue weighted by Gasteiger charge is -2.12. The van der Waals surface area contributed by atoms with Crippen LogP contribution in [0.25, 0.3) is 0 Å². The Bertz CT molecular complexity index is 498. The van der Waals surface area contributed by atoms with Crippen molar-refractivity contribution in [2.75, 3.05) is 0 Å². The molecular weight excluding hydrogens is 242 g/mol. The molecule has 7 heteroatoms. The number of nitrogens with two attached hydrogens (primary N) is 1. The zero-order chi connectivity index (χ0) is 13.1. The van der Waals surface area contributed by atoms with Gasteiger partial charge in [0.2, 0.25) is 0 Å². The summed E-state index contributed by atoms with van der Waals surface area (Å²) in [6, 6.07) is 2.54. The molecule has 1 fully saturated rings. The van der Waals surface area contributed by atoms with Crippen molar-refractivity contribution in [3.8, 4) is 0 Å². The summed E-state index contributed by atoms with van der Waals surface area (Å²) in [6.45, 7) is 0. The van der Waals surface area contributed by atoms with Gasteiger partial charge in [0.15, 0.2) is 0 Å². The lowest BCUT2D eigenvalue weighted by Crippen LogP contribution is -2.30. The van der Waals surface area contributed by atoms with Crippen molar-refractivity contribution in [3.63, 3.8) is 0 Å². The molecule has 4 N–H and O–H groups in total. The van der Waals surface area contributed by atoms with Gasteiger partial charge in [-0.2, -0.15) is 10.2 Å². The largest absolute Gasteiger partial charge is 0.271 e. The van der Waals surface area contributed by atoms with Crippen LogP contribution in [0, 0.1) is 0 Å². The van der Waals surface area contributed by atoms with Crippen LogP contribution in [0.15, 0.2) is 18.6 Å². The Labute approximate surface area is 111 Å². The molecule has 2 aromatic heterocycles. The Morgan fingerprint density at radius 1 is 1.47 bits per heavy atom. The number of nitrogens with zero attached hydrogens (tertiary/aromatic N) is 4. The van der Waals surface area contributed by atoms with Gasteiger partial charge in [0.05, 0.1) is 17.8 Å². The molecule has 1 unspecified atom stereocenters. The highest BCUT2D eigenvalue weighted by molar-refractivity contribution is 5.06. The first kappa shape index (κ1) is 12.3. The van der Waals surface area contributed by atoms with E-state index in [-0.39, 0.29) is 6.04 Å². The van der Waals surface area contributed by atoms with Gasteiger partial charge in [0.1, 0.15) is 12.2 Å². The van der Waals surface area contributed by atoms with Crippen molar-refractivity contribution >= 4 is 0 Å². The first-order chi connectivity index (χ1) is 9.36. The molecule has 3 rings (SSSR count). The van der Waals surface area contributed by atoms with E-state index >= 15 is 0 Å². The fourth-order valence-corrected chi connectivity index (χ4v) is 2.68. The minimum Gasteiger partial charge on any atom is -0.271 e. The number of rotatable bonds is 5. The van der Waals surface area contributed by atoms with E-state index in [1.807, 2.05) is 0 Å². The standard InChI is InChI=1S/C12H19N7/c13-16-11(12-14-8-15-17-12)7-9-5-6-19(18-9)10-3-1-2-4-10/h5-6,8,10-11,16H,1-4,7,13H2,(H,14,15,17). The van der Waals surface area contributed by atoms with Crippen molar-refractivity contribution in [2.45, 2.75) is 44.2 Å². The molecule has 0 amide bonds. The number of aromatic amines is 1. The van der Waals surface area contributed by atoms with E-state index in [0.29, 0.717) is 12.5 Å². The van der Waals surface area contributed by atoms with E-state index in [0.717, 1.165) is 11.5 Å². The first-order valence-electron chi connectivity index (χ1n) is 6.72. The molecule has 1 aliphatic rings. The molecule has 2 aromatic rings. The van der Waals surface area contributed by atoms with Gasteiger partial charge in [0, 0.05) is 12.6 Å². The second-order valence-electron chi connectivity index (χ2n) is 5.02. The molecule has 0 saturated heterocycles. The van der Waals surface area contributed by atoms with E-state index in [2.05, 4.69) is 42.7 Å². The van der Waals surface area contributed by atoms with Gasteiger partial charge >= 0.3 is 0 Å². The molecule has 0 spiro atoms. The third-order valence-electron chi connectivity index (χ3n) is 3.74. The van der Waals surface area contributed by atoms with Crippen LogP contribution in [0.2, 0.25) is 0 Å². The summed E-state index contributed by atoms with van der Waals surface area (Å²) in [5.74, 6) is 6.30. The van der Waals surface area contributed by atoms with E-state index in [4.69, 9.17) is 5.84 Å². The number of aromatic nitrogens is 5. The van der Waals surface area contributed by atoms with Gasteiger partial charge in [-0.15, -0.1) is 0 Å². The Hall–Kier alpha value is -1.73. The molecule has 1 aliphatic carbocycles. The summed E-state index contributed by atoms with van der Waals surface area (Å²) in [4.78, 5) is 4.12. The first-order valence-corrected chi connectivity index (χ1v) is 6.72. The topological polar surface area (TPSA) is 97.4 Å². The van der Waals surface area contributed by atoms with Crippen LogP contribution >= 0.6 is 0 Å². The van der Waals surface area contributed by atoms with Crippen LogP contribution < -0.4 is 11.3 Å². The predicted octanol–water partition coefficient (Wildman–Crippen LogP) is 0.863. The zero-order valence-electron chi connectivity index (χ0n) is 10.8. The van der Waals surface area contributed by atoms with Gasteiger partial charge in [-0.3, -0.25) is 15.6 Å². The fraction of sp³-hybridized carbons (Fsp3) is 0.583. The third kappa shape index (κ3) is 2.66. The molecule has 0 aromatic carbocycles. The molecule has 1 atom stereocenters. The second kappa shape index (κ2) is 5.50. The van der Waals surface area contributed by atoms with Gasteiger partial charge in [-0.25, -0.2) is 10.4 Å². The average molecular weight is 261 g/mol. The lowest BCUT2D eigenvalue weighted by atomic mass is 10.1. The van der Waals surface area contributed by atoms with Gasteiger partial charge in [0.25, 0.3) is 0 Å². The highest BCUT2D eigenvalue weighted by Crippen LogP contribution is 2.28. The van der Waals surface area contributed by atoms with Crippen molar-refractivity contribution in [2.24, 2.45) is 5.84 Å². The SMILES string of the molecule is NNC(Cc1ccn(C2CCCC2)n1)c1ncn[nH]1. The Morgan fingerprint density at radius 2 is 2.32 bits per heavy atom. The van der Waals surface area contributed by atoms with Gasteiger partial charge in [-0.1, -0.05) is 12.8 Å². The van der Waals surface area contributed by atoms with Crippen LogP contribution in [0.3, 0.4) is 0 Å². The van der Waals surface area contributed by atoms with Crippen LogP contribution in [0.5, 0.6) is 0 Å². The summed E-state index contributed by atoms with van der Waals surface area (Å²) in [7, 11) is 0. The highest BCUT2D eigenvalue weighted by Gasteiger charge is 2.19. The van der Waals surface area contributed by atoms with Crippen LogP contribution in [0.1, 0.15) is 49.3 Å². The number of H-pyrrole nitrogens is 1. The molecule has 0 radical (unpaired) electrons. The summed E-state index contributed by atoms with van der Waals surface area (Å²) in [5.41, 5.74) is 3.77. The molecule has 0 bridgehead atoms. The minimum absolute atomic E-state index is 0.0885. The molecule has 1 saturated carbocycles. The normalized spacial score (nSPS) is 17.9. The predicted molar refractivity (Wildman–Crippen MR) is 69.9 cm³/mol. The molecule has 102 valence electrons. The van der Waals surface area contributed by atoms with Crippen molar-refractivity contribution < 1.29 is 0 Å². The average Bonchev–Trinajstić information content (AvgIpc) is 3.15. The Kier molecular flexibility index (Phi) is 3.56. The van der Waals surface area contributed by atoms with Crippen LogP contribution in [0.4, 0.5) is 0 Å². The summed E-state index contributed by atoms with van der Waals surface area (Å²) < 4.78 is 2.09. The van der Waals surface area contributed by atoms with Crippen molar-refractivity contribution in [1.82, 2.24) is 30.4 Å². The Balaban J connectivity index is 1.69. The number of hydrogen-bond donors (Lipinski definition) is 3. The highest BCUT2D eigenvalue weighted by atomic mass is 15.3. The lowest BCUT2D eigenvalue weighted by molar-refractivity contribution is 0.455. The summed E-state index contributed by atoms with van der Waals surface area (Å²) in [6.07, 6.45) is 9.35.